The van der Waals surface area contributed by atoms with Gasteiger partial charge in [-0.2, -0.15) is 0 Å². The smallest absolute Gasteiger partial charge is 0.337 e. The summed E-state index contributed by atoms with van der Waals surface area (Å²) >= 11 is 3.33. The summed E-state index contributed by atoms with van der Waals surface area (Å²) in [5, 5.41) is 0. The molecule has 0 radical (unpaired) electrons. The Kier molecular flexibility index (Phi) is 5.55. The number of methoxy groups -OCH3 is 1. The quantitative estimate of drug-likeness (QED) is 0.581. The van der Waals surface area contributed by atoms with Crippen molar-refractivity contribution in [3.05, 3.63) is 63.1 Å². The molecule has 23 heavy (non-hydrogen) atoms. The molecule has 5 heteroatoms. The highest BCUT2D eigenvalue weighted by molar-refractivity contribution is 9.10. The third-order valence-corrected chi connectivity index (χ3v) is 4.01. The molecule has 4 nitrogen and oxygen atoms in total. The largest absolute Gasteiger partial charge is 0.484 e. The van der Waals surface area contributed by atoms with Crippen molar-refractivity contribution < 1.29 is 19.1 Å². The first-order chi connectivity index (χ1) is 10.9. The molecule has 120 valence electrons. The number of carbonyl (C=O) groups is 2. The van der Waals surface area contributed by atoms with E-state index in [1.165, 1.54) is 7.11 Å². The van der Waals surface area contributed by atoms with Crippen LogP contribution in [0.25, 0.3) is 0 Å². The zero-order chi connectivity index (χ0) is 17.0. The molecule has 0 aliphatic carbocycles. The summed E-state index contributed by atoms with van der Waals surface area (Å²) in [6.45, 7) is 3.82. The number of ether oxygens (including phenoxy) is 2. The first-order valence-corrected chi connectivity index (χ1v) is 7.83. The number of rotatable bonds is 5. The van der Waals surface area contributed by atoms with Crippen molar-refractivity contribution in [1.29, 1.82) is 0 Å². The molecule has 0 atom stereocenters. The minimum Gasteiger partial charge on any atom is -0.484 e. The molecule has 0 saturated heterocycles. The van der Waals surface area contributed by atoms with Gasteiger partial charge in [-0.25, -0.2) is 4.79 Å². The average molecular weight is 377 g/mol. The first-order valence-electron chi connectivity index (χ1n) is 7.03. The summed E-state index contributed by atoms with van der Waals surface area (Å²) in [5.74, 6) is -0.0224. The zero-order valence-corrected chi connectivity index (χ0v) is 14.8. The lowest BCUT2D eigenvalue weighted by Crippen LogP contribution is -2.13. The highest BCUT2D eigenvalue weighted by Crippen LogP contribution is 2.26. The number of hydrogen-bond acceptors (Lipinski definition) is 4. The van der Waals surface area contributed by atoms with Crippen molar-refractivity contribution in [2.24, 2.45) is 0 Å². The van der Waals surface area contributed by atoms with Crippen LogP contribution < -0.4 is 4.74 Å². The van der Waals surface area contributed by atoms with Gasteiger partial charge in [0.1, 0.15) is 5.75 Å². The van der Waals surface area contributed by atoms with E-state index in [9.17, 15) is 9.59 Å². The Bertz CT molecular complexity index is 753. The van der Waals surface area contributed by atoms with Gasteiger partial charge in [0.15, 0.2) is 12.4 Å². The molecule has 0 amide bonds. The number of halogens is 1. The Morgan fingerprint density at radius 3 is 2.43 bits per heavy atom. The lowest BCUT2D eigenvalue weighted by Gasteiger charge is -2.10. The minimum atomic E-state index is -0.427. The van der Waals surface area contributed by atoms with Crippen LogP contribution in [-0.2, 0) is 4.74 Å². The Labute approximate surface area is 143 Å². The second kappa shape index (κ2) is 7.42. The number of Topliss-reactive ketones (excluding diaryl/α,β-unsaturated/α-hetero) is 1. The van der Waals surface area contributed by atoms with Gasteiger partial charge in [-0.1, -0.05) is 23.8 Å². The molecular weight excluding hydrogens is 360 g/mol. The van der Waals surface area contributed by atoms with E-state index in [4.69, 9.17) is 4.74 Å². The van der Waals surface area contributed by atoms with Gasteiger partial charge in [-0.15, -0.1) is 0 Å². The minimum absolute atomic E-state index is 0.0694. The van der Waals surface area contributed by atoms with Gasteiger partial charge in [0.05, 0.1) is 17.1 Å². The third kappa shape index (κ3) is 4.20. The summed E-state index contributed by atoms with van der Waals surface area (Å²) in [4.78, 5) is 23.7. The fourth-order valence-electron chi connectivity index (χ4n) is 2.21. The molecule has 2 rings (SSSR count). The van der Waals surface area contributed by atoms with Crippen LogP contribution in [0, 0.1) is 13.8 Å². The van der Waals surface area contributed by atoms with Crippen LogP contribution in [0.5, 0.6) is 5.75 Å². The Balaban J connectivity index is 2.08. The molecule has 0 spiro atoms. The molecule has 0 aliphatic heterocycles. The van der Waals surface area contributed by atoms with E-state index in [1.54, 1.807) is 18.2 Å². The van der Waals surface area contributed by atoms with Crippen LogP contribution in [0.4, 0.5) is 0 Å². The fourth-order valence-corrected chi connectivity index (χ4v) is 2.70. The van der Waals surface area contributed by atoms with Crippen LogP contribution in [0.2, 0.25) is 0 Å². The van der Waals surface area contributed by atoms with E-state index in [0.717, 1.165) is 11.1 Å². The zero-order valence-electron chi connectivity index (χ0n) is 13.2. The van der Waals surface area contributed by atoms with Crippen molar-refractivity contribution in [2.45, 2.75) is 13.8 Å². The normalized spacial score (nSPS) is 10.3. The summed E-state index contributed by atoms with van der Waals surface area (Å²) in [6.07, 6.45) is 0. The molecule has 2 aromatic carbocycles. The number of ketones is 1. The molecule has 0 aliphatic rings. The molecule has 0 aromatic heterocycles. The van der Waals surface area contributed by atoms with Gasteiger partial charge in [-0.05, 0) is 53.5 Å². The third-order valence-electron chi connectivity index (χ3n) is 3.39. The van der Waals surface area contributed by atoms with E-state index >= 15 is 0 Å². The van der Waals surface area contributed by atoms with E-state index < -0.39 is 5.97 Å². The maximum Gasteiger partial charge on any atom is 0.337 e. The Morgan fingerprint density at radius 1 is 1.09 bits per heavy atom. The Morgan fingerprint density at radius 2 is 1.83 bits per heavy atom. The van der Waals surface area contributed by atoms with Gasteiger partial charge >= 0.3 is 5.97 Å². The fraction of sp³-hybridized carbons (Fsp3) is 0.222. The molecule has 0 fully saturated rings. The lowest BCUT2D eigenvalue weighted by atomic mass is 10.0. The van der Waals surface area contributed by atoms with Crippen molar-refractivity contribution >= 4 is 27.7 Å². The number of benzene rings is 2. The summed E-state index contributed by atoms with van der Waals surface area (Å²) in [5.41, 5.74) is 3.10. The number of hydrogen-bond donors (Lipinski definition) is 0. The summed E-state index contributed by atoms with van der Waals surface area (Å²) in [7, 11) is 1.32. The molecule has 0 saturated carbocycles. The highest BCUT2D eigenvalue weighted by atomic mass is 79.9. The molecule has 0 heterocycles. The predicted octanol–water partition coefficient (Wildman–Crippen LogP) is 4.11. The highest BCUT2D eigenvalue weighted by Gasteiger charge is 2.13. The van der Waals surface area contributed by atoms with Gasteiger partial charge in [0.25, 0.3) is 0 Å². The molecule has 0 unspecified atom stereocenters. The molecule has 0 N–H and O–H groups in total. The summed E-state index contributed by atoms with van der Waals surface area (Å²) in [6, 6.07) is 10.5. The number of carbonyl (C=O) groups excluding carboxylic acids is 2. The van der Waals surface area contributed by atoms with Crippen molar-refractivity contribution in [3.63, 3.8) is 0 Å². The van der Waals surface area contributed by atoms with Gasteiger partial charge in [0.2, 0.25) is 0 Å². The van der Waals surface area contributed by atoms with Crippen LogP contribution in [0.15, 0.2) is 40.9 Å². The van der Waals surface area contributed by atoms with Crippen molar-refractivity contribution in [2.75, 3.05) is 13.7 Å². The predicted molar refractivity (Wildman–Crippen MR) is 91.2 cm³/mol. The monoisotopic (exact) mass is 376 g/mol. The van der Waals surface area contributed by atoms with Crippen LogP contribution >= 0.6 is 15.9 Å². The molecule has 2 aromatic rings. The average Bonchev–Trinajstić information content (AvgIpc) is 2.52. The van der Waals surface area contributed by atoms with Gasteiger partial charge in [-0.3, -0.25) is 4.79 Å². The van der Waals surface area contributed by atoms with Crippen molar-refractivity contribution in [1.82, 2.24) is 0 Å². The van der Waals surface area contributed by atoms with E-state index in [1.807, 2.05) is 32.0 Å². The second-order valence-corrected chi connectivity index (χ2v) is 6.02. The maximum absolute atomic E-state index is 12.3. The topological polar surface area (TPSA) is 52.6 Å². The first kappa shape index (κ1) is 17.2. The van der Waals surface area contributed by atoms with Crippen molar-refractivity contribution in [3.8, 4) is 5.75 Å². The van der Waals surface area contributed by atoms with Crippen LogP contribution in [0.3, 0.4) is 0 Å². The van der Waals surface area contributed by atoms with E-state index in [-0.39, 0.29) is 12.4 Å². The van der Waals surface area contributed by atoms with Gasteiger partial charge < -0.3 is 9.47 Å². The van der Waals surface area contributed by atoms with Gasteiger partial charge in [0, 0.05) is 5.56 Å². The standard InChI is InChI=1S/C18H17BrO4/c1-11-4-6-14(12(2)8-11)16(20)10-23-17-7-5-13(9-15(17)19)18(21)22-3/h4-9H,10H2,1-3H3. The SMILES string of the molecule is COC(=O)c1ccc(OCC(=O)c2ccc(C)cc2C)c(Br)c1. The number of aryl methyl sites for hydroxylation is 2. The lowest BCUT2D eigenvalue weighted by molar-refractivity contribution is 0.0600. The van der Waals surface area contributed by atoms with Crippen LogP contribution in [0.1, 0.15) is 31.8 Å². The number of esters is 1. The summed E-state index contributed by atoms with van der Waals surface area (Å²) < 4.78 is 10.8. The maximum atomic E-state index is 12.3. The Hall–Kier alpha value is -2.14. The molecule has 0 bridgehead atoms. The van der Waals surface area contributed by atoms with E-state index in [0.29, 0.717) is 21.3 Å². The van der Waals surface area contributed by atoms with E-state index in [2.05, 4.69) is 20.7 Å². The molecular formula is C18H17BrO4. The second-order valence-electron chi connectivity index (χ2n) is 5.17. The van der Waals surface area contributed by atoms with Crippen LogP contribution in [-0.4, -0.2) is 25.5 Å².